The second-order valence-corrected chi connectivity index (χ2v) is 10.5. The standard InChI is InChI=1S/C27H23BrN2O2S/c1-16-12-13-21-23(14-16)33-27(30-25(31)18-8-4-9-19(28)15-18)24(21)26(32)29-22-11-5-7-17-6-2-3-10-20(17)22/h2-11,15-16H,12-14H2,1H3,(H,29,32)(H,30,31)/t16-/m0/s1. The molecule has 1 atom stereocenters. The van der Waals surface area contributed by atoms with Crippen molar-refractivity contribution in [3.8, 4) is 0 Å². The topological polar surface area (TPSA) is 58.2 Å². The van der Waals surface area contributed by atoms with Crippen LogP contribution in [0.2, 0.25) is 0 Å². The molecule has 1 aromatic heterocycles. The fourth-order valence-electron chi connectivity index (χ4n) is 4.40. The zero-order valence-electron chi connectivity index (χ0n) is 18.2. The van der Waals surface area contributed by atoms with Crippen molar-refractivity contribution < 1.29 is 9.59 Å². The molecule has 4 nitrogen and oxygen atoms in total. The maximum absolute atomic E-state index is 13.6. The van der Waals surface area contributed by atoms with Crippen molar-refractivity contribution in [3.63, 3.8) is 0 Å². The van der Waals surface area contributed by atoms with Gasteiger partial charge in [-0.15, -0.1) is 11.3 Å². The van der Waals surface area contributed by atoms with Gasteiger partial charge in [0, 0.05) is 26.0 Å². The Hall–Kier alpha value is -2.96. The highest BCUT2D eigenvalue weighted by molar-refractivity contribution is 9.10. The summed E-state index contributed by atoms with van der Waals surface area (Å²) in [6.07, 6.45) is 2.82. The Morgan fingerprint density at radius 3 is 2.61 bits per heavy atom. The lowest BCUT2D eigenvalue weighted by atomic mass is 9.88. The molecule has 33 heavy (non-hydrogen) atoms. The number of amides is 2. The minimum absolute atomic E-state index is 0.178. The van der Waals surface area contributed by atoms with E-state index in [-0.39, 0.29) is 11.8 Å². The molecule has 0 saturated carbocycles. The Labute approximate surface area is 205 Å². The summed E-state index contributed by atoms with van der Waals surface area (Å²) in [5.74, 6) is 0.170. The third-order valence-corrected chi connectivity index (χ3v) is 7.75. The fraction of sp³-hybridized carbons (Fsp3) is 0.185. The molecule has 6 heteroatoms. The van der Waals surface area contributed by atoms with Crippen molar-refractivity contribution in [1.29, 1.82) is 0 Å². The summed E-state index contributed by atoms with van der Waals surface area (Å²) >= 11 is 4.95. The molecule has 0 radical (unpaired) electrons. The first kappa shape index (κ1) is 21.9. The third kappa shape index (κ3) is 4.45. The number of carbonyl (C=O) groups is 2. The van der Waals surface area contributed by atoms with Gasteiger partial charge in [0.2, 0.25) is 0 Å². The molecular formula is C27H23BrN2O2S. The van der Waals surface area contributed by atoms with E-state index in [0.717, 1.165) is 45.8 Å². The molecule has 1 heterocycles. The summed E-state index contributed by atoms with van der Waals surface area (Å²) < 4.78 is 0.836. The van der Waals surface area contributed by atoms with Crippen LogP contribution in [0.3, 0.4) is 0 Å². The third-order valence-electron chi connectivity index (χ3n) is 6.09. The fourth-order valence-corrected chi connectivity index (χ4v) is 6.21. The lowest BCUT2D eigenvalue weighted by Gasteiger charge is -2.19. The van der Waals surface area contributed by atoms with Crippen molar-refractivity contribution in [3.05, 3.63) is 92.8 Å². The minimum atomic E-state index is -0.220. The van der Waals surface area contributed by atoms with Gasteiger partial charge in [-0.1, -0.05) is 65.3 Å². The van der Waals surface area contributed by atoms with Crippen LogP contribution in [0.15, 0.2) is 71.2 Å². The molecule has 0 fully saturated rings. The highest BCUT2D eigenvalue weighted by Crippen LogP contribution is 2.40. The number of nitrogens with one attached hydrogen (secondary N) is 2. The summed E-state index contributed by atoms with van der Waals surface area (Å²) in [6, 6.07) is 21.1. The van der Waals surface area contributed by atoms with Crippen LogP contribution in [-0.2, 0) is 12.8 Å². The van der Waals surface area contributed by atoms with Crippen LogP contribution in [-0.4, -0.2) is 11.8 Å². The van der Waals surface area contributed by atoms with E-state index < -0.39 is 0 Å². The van der Waals surface area contributed by atoms with Gasteiger partial charge in [-0.25, -0.2) is 0 Å². The van der Waals surface area contributed by atoms with Crippen LogP contribution >= 0.6 is 27.3 Å². The summed E-state index contributed by atoms with van der Waals surface area (Å²) in [5, 5.41) is 8.83. The van der Waals surface area contributed by atoms with E-state index in [1.165, 1.54) is 16.2 Å². The van der Waals surface area contributed by atoms with Gasteiger partial charge in [0.05, 0.1) is 5.56 Å². The van der Waals surface area contributed by atoms with Gasteiger partial charge in [0.1, 0.15) is 5.00 Å². The van der Waals surface area contributed by atoms with Crippen LogP contribution in [0.25, 0.3) is 10.8 Å². The largest absolute Gasteiger partial charge is 0.321 e. The maximum Gasteiger partial charge on any atom is 0.258 e. The number of anilines is 2. The van der Waals surface area contributed by atoms with Crippen LogP contribution in [0, 0.1) is 5.92 Å². The first-order valence-electron chi connectivity index (χ1n) is 11.0. The zero-order valence-corrected chi connectivity index (χ0v) is 20.6. The molecule has 0 bridgehead atoms. The average Bonchev–Trinajstić information content (AvgIpc) is 3.16. The lowest BCUT2D eigenvalue weighted by Crippen LogP contribution is -2.19. The first-order chi connectivity index (χ1) is 16.0. The number of hydrogen-bond donors (Lipinski definition) is 2. The van der Waals surface area contributed by atoms with Crippen molar-refractivity contribution >= 4 is 60.5 Å². The zero-order chi connectivity index (χ0) is 22.9. The molecule has 1 aliphatic rings. The molecule has 0 aliphatic heterocycles. The first-order valence-corrected chi connectivity index (χ1v) is 12.6. The van der Waals surface area contributed by atoms with Crippen LogP contribution < -0.4 is 10.6 Å². The Bertz CT molecular complexity index is 1370. The number of halogens is 1. The normalized spacial score (nSPS) is 15.2. The van der Waals surface area contributed by atoms with Crippen LogP contribution in [0.1, 0.15) is 44.5 Å². The number of benzene rings is 3. The van der Waals surface area contributed by atoms with E-state index in [4.69, 9.17) is 0 Å². The number of carbonyl (C=O) groups excluding carboxylic acids is 2. The van der Waals surface area contributed by atoms with Crippen LogP contribution in [0.4, 0.5) is 10.7 Å². The second-order valence-electron chi connectivity index (χ2n) is 8.50. The Kier molecular flexibility index (Phi) is 6.04. The number of thiophene rings is 1. The Balaban J connectivity index is 1.51. The highest BCUT2D eigenvalue weighted by atomic mass is 79.9. The van der Waals surface area contributed by atoms with Crippen molar-refractivity contribution in [2.45, 2.75) is 26.2 Å². The summed E-state index contributed by atoms with van der Waals surface area (Å²) in [4.78, 5) is 27.8. The van der Waals surface area contributed by atoms with Crippen LogP contribution in [0.5, 0.6) is 0 Å². The van der Waals surface area contributed by atoms with Crippen molar-refractivity contribution in [2.75, 3.05) is 10.6 Å². The minimum Gasteiger partial charge on any atom is -0.321 e. The predicted molar refractivity (Wildman–Crippen MR) is 140 cm³/mol. The molecule has 0 spiro atoms. The smallest absolute Gasteiger partial charge is 0.258 e. The van der Waals surface area contributed by atoms with E-state index in [2.05, 4.69) is 33.5 Å². The number of fused-ring (bicyclic) bond motifs is 2. The monoisotopic (exact) mass is 518 g/mol. The van der Waals surface area contributed by atoms with Crippen molar-refractivity contribution in [2.24, 2.45) is 5.92 Å². The van der Waals surface area contributed by atoms with Gasteiger partial charge >= 0.3 is 0 Å². The summed E-state index contributed by atoms with van der Waals surface area (Å²) in [6.45, 7) is 2.23. The summed E-state index contributed by atoms with van der Waals surface area (Å²) in [5.41, 5.74) is 2.98. The molecule has 4 aromatic rings. The molecular weight excluding hydrogens is 496 g/mol. The van der Waals surface area contributed by atoms with Gasteiger partial charge in [-0.3, -0.25) is 9.59 Å². The SMILES string of the molecule is C[C@H]1CCc2c(sc(NC(=O)c3cccc(Br)c3)c2C(=O)Nc2cccc3ccccc23)C1. The van der Waals surface area contributed by atoms with E-state index >= 15 is 0 Å². The van der Waals surface area contributed by atoms with Gasteiger partial charge in [0.25, 0.3) is 11.8 Å². The van der Waals surface area contributed by atoms with Gasteiger partial charge in [-0.2, -0.15) is 0 Å². The molecule has 0 saturated heterocycles. The second kappa shape index (κ2) is 9.12. The Morgan fingerprint density at radius 2 is 1.76 bits per heavy atom. The average molecular weight is 519 g/mol. The lowest BCUT2D eigenvalue weighted by molar-refractivity contribution is 0.102. The van der Waals surface area contributed by atoms with Crippen molar-refractivity contribution in [1.82, 2.24) is 0 Å². The Morgan fingerprint density at radius 1 is 0.970 bits per heavy atom. The molecule has 2 N–H and O–H groups in total. The summed E-state index contributed by atoms with van der Waals surface area (Å²) in [7, 11) is 0. The molecule has 2 amide bonds. The van der Waals surface area contributed by atoms with E-state index in [1.807, 2.05) is 54.6 Å². The van der Waals surface area contributed by atoms with Gasteiger partial charge in [0.15, 0.2) is 0 Å². The predicted octanol–water partition coefficient (Wildman–Crippen LogP) is 7.29. The van der Waals surface area contributed by atoms with E-state index in [1.54, 1.807) is 12.1 Å². The highest BCUT2D eigenvalue weighted by Gasteiger charge is 2.29. The number of hydrogen-bond acceptors (Lipinski definition) is 3. The maximum atomic E-state index is 13.6. The number of rotatable bonds is 4. The molecule has 166 valence electrons. The quantitative estimate of drug-likeness (QED) is 0.297. The molecule has 0 unspecified atom stereocenters. The van der Waals surface area contributed by atoms with E-state index in [9.17, 15) is 9.59 Å². The molecule has 1 aliphatic carbocycles. The van der Waals surface area contributed by atoms with Gasteiger partial charge < -0.3 is 10.6 Å². The molecule has 3 aromatic carbocycles. The molecule has 5 rings (SSSR count). The van der Waals surface area contributed by atoms with E-state index in [0.29, 0.717) is 22.0 Å². The van der Waals surface area contributed by atoms with Gasteiger partial charge in [-0.05, 0) is 60.4 Å².